The van der Waals surface area contributed by atoms with Gasteiger partial charge >= 0.3 is 0 Å². The van der Waals surface area contributed by atoms with E-state index in [2.05, 4.69) is 10.3 Å². The van der Waals surface area contributed by atoms with Gasteiger partial charge in [0.05, 0.1) is 11.1 Å². The van der Waals surface area contributed by atoms with E-state index in [1.165, 1.54) is 28.4 Å². The SMILES string of the molecule is Cc1cnc(NC(=O)c2ccc3c(c2)C(=O)N(CC(C)C)C3=O)s1. The van der Waals surface area contributed by atoms with E-state index in [9.17, 15) is 14.4 Å². The summed E-state index contributed by atoms with van der Waals surface area (Å²) in [5.74, 6) is -0.813. The molecule has 0 radical (unpaired) electrons. The zero-order valence-electron chi connectivity index (χ0n) is 13.6. The van der Waals surface area contributed by atoms with Crippen molar-refractivity contribution in [1.29, 1.82) is 0 Å². The highest BCUT2D eigenvalue weighted by Gasteiger charge is 2.36. The van der Waals surface area contributed by atoms with Gasteiger partial charge in [-0.25, -0.2) is 4.98 Å². The summed E-state index contributed by atoms with van der Waals surface area (Å²) in [5, 5.41) is 3.20. The Labute approximate surface area is 143 Å². The predicted molar refractivity (Wildman–Crippen MR) is 91.5 cm³/mol. The lowest BCUT2D eigenvalue weighted by atomic mass is 10.1. The Morgan fingerprint density at radius 2 is 1.96 bits per heavy atom. The number of anilines is 1. The molecular formula is C17H17N3O3S. The molecule has 7 heteroatoms. The second-order valence-corrected chi connectivity index (χ2v) is 7.34. The lowest BCUT2D eigenvalue weighted by molar-refractivity contribution is 0.0636. The maximum absolute atomic E-state index is 12.4. The first-order valence-electron chi connectivity index (χ1n) is 7.61. The Kier molecular flexibility index (Phi) is 4.19. The molecule has 0 unspecified atom stereocenters. The van der Waals surface area contributed by atoms with Gasteiger partial charge in [-0.05, 0) is 31.0 Å². The zero-order chi connectivity index (χ0) is 17.4. The summed E-state index contributed by atoms with van der Waals surface area (Å²) in [6, 6.07) is 4.57. The normalized spacial score (nSPS) is 13.6. The summed E-state index contributed by atoms with van der Waals surface area (Å²) in [6.45, 7) is 6.15. The van der Waals surface area contributed by atoms with E-state index in [1.54, 1.807) is 12.3 Å². The van der Waals surface area contributed by atoms with Crippen LogP contribution in [0.15, 0.2) is 24.4 Å². The van der Waals surface area contributed by atoms with Crippen LogP contribution in [0.1, 0.15) is 49.8 Å². The number of fused-ring (bicyclic) bond motifs is 1. The van der Waals surface area contributed by atoms with Crippen LogP contribution < -0.4 is 5.32 Å². The highest BCUT2D eigenvalue weighted by atomic mass is 32.1. The second-order valence-electron chi connectivity index (χ2n) is 6.11. The molecule has 24 heavy (non-hydrogen) atoms. The lowest BCUT2D eigenvalue weighted by Gasteiger charge is -2.15. The Balaban J connectivity index is 1.85. The Hall–Kier alpha value is -2.54. The van der Waals surface area contributed by atoms with Gasteiger partial charge in [0.25, 0.3) is 17.7 Å². The van der Waals surface area contributed by atoms with Gasteiger partial charge in [0.15, 0.2) is 5.13 Å². The van der Waals surface area contributed by atoms with Crippen molar-refractivity contribution in [2.24, 2.45) is 5.92 Å². The molecule has 124 valence electrons. The van der Waals surface area contributed by atoms with Crippen molar-refractivity contribution in [2.75, 3.05) is 11.9 Å². The van der Waals surface area contributed by atoms with Gasteiger partial charge in [-0.1, -0.05) is 13.8 Å². The van der Waals surface area contributed by atoms with Crippen molar-refractivity contribution < 1.29 is 14.4 Å². The molecule has 0 saturated carbocycles. The van der Waals surface area contributed by atoms with Gasteiger partial charge in [-0.2, -0.15) is 0 Å². The number of rotatable bonds is 4. The van der Waals surface area contributed by atoms with Gasteiger partial charge in [0.1, 0.15) is 0 Å². The monoisotopic (exact) mass is 343 g/mol. The van der Waals surface area contributed by atoms with E-state index in [4.69, 9.17) is 0 Å². The van der Waals surface area contributed by atoms with E-state index >= 15 is 0 Å². The maximum atomic E-state index is 12.4. The van der Waals surface area contributed by atoms with Gasteiger partial charge in [-0.15, -0.1) is 11.3 Å². The van der Waals surface area contributed by atoms with Crippen LogP contribution in [0.2, 0.25) is 0 Å². The predicted octanol–water partition coefficient (Wildman–Crippen LogP) is 2.96. The van der Waals surface area contributed by atoms with Crippen LogP contribution in [0.4, 0.5) is 5.13 Å². The highest BCUT2D eigenvalue weighted by molar-refractivity contribution is 7.15. The number of hydrogen-bond acceptors (Lipinski definition) is 5. The van der Waals surface area contributed by atoms with Crippen LogP contribution in [0, 0.1) is 12.8 Å². The minimum Gasteiger partial charge on any atom is -0.298 e. The van der Waals surface area contributed by atoms with E-state index < -0.39 is 0 Å². The number of carbonyl (C=O) groups excluding carboxylic acids is 3. The first-order chi connectivity index (χ1) is 11.4. The third-order valence-electron chi connectivity index (χ3n) is 3.62. The Morgan fingerprint density at radius 1 is 1.25 bits per heavy atom. The van der Waals surface area contributed by atoms with Crippen LogP contribution in [-0.4, -0.2) is 34.2 Å². The van der Waals surface area contributed by atoms with E-state index in [1.807, 2.05) is 20.8 Å². The van der Waals surface area contributed by atoms with Gasteiger partial charge in [-0.3, -0.25) is 24.6 Å². The molecule has 3 rings (SSSR count). The van der Waals surface area contributed by atoms with Crippen LogP contribution in [0.5, 0.6) is 0 Å². The average Bonchev–Trinajstić information content (AvgIpc) is 3.04. The molecule has 1 aromatic heterocycles. The number of aromatic nitrogens is 1. The minimum atomic E-state index is -0.352. The molecule has 0 aliphatic carbocycles. The molecule has 0 saturated heterocycles. The van der Waals surface area contributed by atoms with Crippen molar-refractivity contribution in [1.82, 2.24) is 9.88 Å². The molecular weight excluding hydrogens is 326 g/mol. The summed E-state index contributed by atoms with van der Waals surface area (Å²) >= 11 is 1.37. The summed E-state index contributed by atoms with van der Waals surface area (Å²) in [6.07, 6.45) is 1.68. The van der Waals surface area contributed by atoms with Crippen LogP contribution in [0.25, 0.3) is 0 Å². The first-order valence-corrected chi connectivity index (χ1v) is 8.42. The Morgan fingerprint density at radius 3 is 2.58 bits per heavy atom. The molecule has 0 atom stereocenters. The topological polar surface area (TPSA) is 79.4 Å². The number of amides is 3. The number of thiazole rings is 1. The number of aryl methyl sites for hydroxylation is 1. The number of benzene rings is 1. The summed E-state index contributed by atoms with van der Waals surface area (Å²) in [7, 11) is 0. The molecule has 0 spiro atoms. The van der Waals surface area contributed by atoms with Crippen molar-refractivity contribution >= 4 is 34.2 Å². The highest BCUT2D eigenvalue weighted by Crippen LogP contribution is 2.25. The standard InChI is InChI=1S/C17H17N3O3S/c1-9(2)8-20-15(22)12-5-4-11(6-13(12)16(20)23)14(21)19-17-18-7-10(3)24-17/h4-7,9H,8H2,1-3H3,(H,18,19,21). The van der Waals surface area contributed by atoms with E-state index in [0.29, 0.717) is 22.8 Å². The summed E-state index contributed by atoms with van der Waals surface area (Å²) in [4.78, 5) is 43.4. The number of nitrogens with zero attached hydrogens (tertiary/aromatic N) is 2. The van der Waals surface area contributed by atoms with Gasteiger partial charge in [0, 0.05) is 23.2 Å². The molecule has 1 aromatic carbocycles. The first kappa shape index (κ1) is 16.3. The molecule has 0 bridgehead atoms. The van der Waals surface area contributed by atoms with Crippen molar-refractivity contribution in [3.63, 3.8) is 0 Å². The van der Waals surface area contributed by atoms with Gasteiger partial charge < -0.3 is 0 Å². The maximum Gasteiger partial charge on any atom is 0.261 e. The van der Waals surface area contributed by atoms with Crippen molar-refractivity contribution in [3.05, 3.63) is 46.0 Å². The quantitative estimate of drug-likeness (QED) is 0.866. The molecule has 6 nitrogen and oxygen atoms in total. The summed E-state index contributed by atoms with van der Waals surface area (Å²) in [5.41, 5.74) is 0.958. The fourth-order valence-corrected chi connectivity index (χ4v) is 3.20. The smallest absolute Gasteiger partial charge is 0.261 e. The fourth-order valence-electron chi connectivity index (χ4n) is 2.54. The minimum absolute atomic E-state index is 0.183. The zero-order valence-corrected chi connectivity index (χ0v) is 14.4. The molecule has 1 N–H and O–H groups in total. The summed E-state index contributed by atoms with van der Waals surface area (Å²) < 4.78 is 0. The third-order valence-corrected chi connectivity index (χ3v) is 4.45. The molecule has 2 heterocycles. The second kappa shape index (κ2) is 6.16. The Bertz CT molecular complexity index is 841. The van der Waals surface area contributed by atoms with Crippen LogP contribution in [0.3, 0.4) is 0 Å². The van der Waals surface area contributed by atoms with Crippen molar-refractivity contribution in [2.45, 2.75) is 20.8 Å². The molecule has 2 aromatic rings. The van der Waals surface area contributed by atoms with Crippen LogP contribution >= 0.6 is 11.3 Å². The number of imide groups is 1. The number of carbonyl (C=O) groups is 3. The van der Waals surface area contributed by atoms with E-state index in [0.717, 1.165) is 4.88 Å². The molecule has 3 amide bonds. The number of hydrogen-bond donors (Lipinski definition) is 1. The van der Waals surface area contributed by atoms with E-state index in [-0.39, 0.29) is 29.2 Å². The van der Waals surface area contributed by atoms with Gasteiger partial charge in [0.2, 0.25) is 0 Å². The third kappa shape index (κ3) is 2.94. The average molecular weight is 343 g/mol. The fraction of sp³-hybridized carbons (Fsp3) is 0.294. The van der Waals surface area contributed by atoms with Crippen molar-refractivity contribution in [3.8, 4) is 0 Å². The molecule has 0 fully saturated rings. The number of nitrogens with one attached hydrogen (secondary N) is 1. The molecule has 1 aliphatic heterocycles. The lowest BCUT2D eigenvalue weighted by Crippen LogP contribution is -2.33. The largest absolute Gasteiger partial charge is 0.298 e. The van der Waals surface area contributed by atoms with Crippen LogP contribution in [-0.2, 0) is 0 Å². The molecule has 1 aliphatic rings.